The summed E-state index contributed by atoms with van der Waals surface area (Å²) in [5.74, 6) is 0. The number of hydrogen-bond acceptors (Lipinski definition) is 2. The second-order valence-corrected chi connectivity index (χ2v) is 6.71. The molecular formula is C20H17ClN3O2+. The number of halogens is 1. The van der Waals surface area contributed by atoms with Gasteiger partial charge in [-0.2, -0.15) is 0 Å². The number of nitro groups is 1. The first-order valence-corrected chi connectivity index (χ1v) is 8.75. The van der Waals surface area contributed by atoms with E-state index in [-0.39, 0.29) is 10.6 Å². The minimum atomic E-state index is -0.359. The number of aromatic nitrogens is 1. The second-order valence-electron chi connectivity index (χ2n) is 6.28. The highest BCUT2D eigenvalue weighted by Crippen LogP contribution is 2.32. The smallest absolute Gasteiger partial charge is 0.283 e. The maximum Gasteiger partial charge on any atom is 0.283 e. The zero-order valence-electron chi connectivity index (χ0n) is 14.0. The SMILES string of the molecule is C=CC[N+]1=C(c2cc(Cl)ccc2[N+](=O)[O-])c2[nH]c3ccccc3c2CC1. The molecule has 0 saturated carbocycles. The van der Waals surface area contributed by atoms with Crippen molar-refractivity contribution in [1.29, 1.82) is 0 Å². The number of para-hydroxylation sites is 1. The minimum absolute atomic E-state index is 0.0463. The number of nitro benzene ring substituents is 1. The van der Waals surface area contributed by atoms with Crippen LogP contribution in [0.2, 0.25) is 5.02 Å². The van der Waals surface area contributed by atoms with Gasteiger partial charge in [-0.05, 0) is 29.8 Å². The lowest BCUT2D eigenvalue weighted by atomic mass is 9.96. The summed E-state index contributed by atoms with van der Waals surface area (Å²) < 4.78 is 2.11. The number of benzene rings is 2. The van der Waals surface area contributed by atoms with Gasteiger partial charge in [0.1, 0.15) is 17.8 Å². The van der Waals surface area contributed by atoms with Crippen LogP contribution in [0.25, 0.3) is 10.9 Å². The van der Waals surface area contributed by atoms with E-state index < -0.39 is 0 Å². The summed E-state index contributed by atoms with van der Waals surface area (Å²) in [5, 5.41) is 13.3. The molecule has 5 nitrogen and oxygen atoms in total. The summed E-state index contributed by atoms with van der Waals surface area (Å²) in [4.78, 5) is 14.7. The van der Waals surface area contributed by atoms with Crippen molar-refractivity contribution in [2.75, 3.05) is 13.1 Å². The largest absolute Gasteiger partial charge is 0.349 e. The number of nitrogens with zero attached hydrogens (tertiary/aromatic N) is 2. The van der Waals surface area contributed by atoms with Gasteiger partial charge in [0.05, 0.1) is 4.92 Å². The molecule has 1 aliphatic rings. The highest BCUT2D eigenvalue weighted by atomic mass is 35.5. The molecular weight excluding hydrogens is 350 g/mol. The van der Waals surface area contributed by atoms with E-state index in [0.717, 1.165) is 35.3 Å². The Balaban J connectivity index is 2.05. The molecule has 0 amide bonds. The Bertz CT molecular complexity index is 1080. The fourth-order valence-electron chi connectivity index (χ4n) is 3.68. The molecule has 0 spiro atoms. The van der Waals surface area contributed by atoms with E-state index in [9.17, 15) is 10.1 Å². The average molecular weight is 367 g/mol. The van der Waals surface area contributed by atoms with E-state index in [1.165, 1.54) is 11.6 Å². The van der Waals surface area contributed by atoms with Gasteiger partial charge in [-0.15, -0.1) is 0 Å². The topological polar surface area (TPSA) is 61.9 Å². The first kappa shape index (κ1) is 16.5. The third kappa shape index (κ3) is 2.61. The molecule has 6 heteroatoms. The Labute approximate surface area is 155 Å². The van der Waals surface area contributed by atoms with E-state index in [4.69, 9.17) is 11.6 Å². The fraction of sp³-hybridized carbons (Fsp3) is 0.150. The highest BCUT2D eigenvalue weighted by molar-refractivity contribution is 6.31. The molecule has 0 bridgehead atoms. The van der Waals surface area contributed by atoms with Crippen molar-refractivity contribution in [3.8, 4) is 0 Å². The summed E-state index contributed by atoms with van der Waals surface area (Å²) in [6, 6.07) is 12.8. The van der Waals surface area contributed by atoms with Crippen molar-refractivity contribution >= 4 is 33.9 Å². The molecule has 0 radical (unpaired) electrons. The first-order valence-electron chi connectivity index (χ1n) is 8.37. The minimum Gasteiger partial charge on any atom is -0.349 e. The van der Waals surface area contributed by atoms with Gasteiger partial charge >= 0.3 is 0 Å². The van der Waals surface area contributed by atoms with Gasteiger partial charge in [-0.25, -0.2) is 4.58 Å². The molecule has 2 aromatic carbocycles. The van der Waals surface area contributed by atoms with Gasteiger partial charge in [0.25, 0.3) is 5.69 Å². The Kier molecular flexibility index (Phi) is 4.09. The predicted octanol–water partition coefficient (Wildman–Crippen LogP) is 4.32. The van der Waals surface area contributed by atoms with E-state index in [1.807, 2.05) is 24.3 Å². The lowest BCUT2D eigenvalue weighted by Crippen LogP contribution is -2.31. The van der Waals surface area contributed by atoms with E-state index in [1.54, 1.807) is 12.1 Å². The summed E-state index contributed by atoms with van der Waals surface area (Å²) in [7, 11) is 0. The zero-order chi connectivity index (χ0) is 18.3. The van der Waals surface area contributed by atoms with Crippen molar-refractivity contribution in [2.45, 2.75) is 6.42 Å². The zero-order valence-corrected chi connectivity index (χ0v) is 14.8. The van der Waals surface area contributed by atoms with Crippen molar-refractivity contribution in [2.24, 2.45) is 0 Å². The molecule has 1 aliphatic heterocycles. The fourth-order valence-corrected chi connectivity index (χ4v) is 3.85. The highest BCUT2D eigenvalue weighted by Gasteiger charge is 2.34. The molecule has 26 heavy (non-hydrogen) atoms. The third-order valence-corrected chi connectivity index (χ3v) is 4.99. The number of nitrogens with one attached hydrogen (secondary N) is 1. The molecule has 3 aromatic rings. The van der Waals surface area contributed by atoms with Crippen LogP contribution in [0.15, 0.2) is 55.1 Å². The van der Waals surface area contributed by atoms with Crippen molar-refractivity contribution in [3.05, 3.63) is 87.1 Å². The average Bonchev–Trinajstić information content (AvgIpc) is 3.00. The lowest BCUT2D eigenvalue weighted by Gasteiger charge is -2.15. The van der Waals surface area contributed by atoms with Crippen LogP contribution in [0.1, 0.15) is 16.8 Å². The van der Waals surface area contributed by atoms with E-state index in [2.05, 4.69) is 22.2 Å². The standard InChI is InChI=1S/C20H16ClN3O2/c1-2-10-23-11-9-15-14-5-3-4-6-17(14)22-19(15)20(23)16-12-13(21)7-8-18(16)24(25)26/h2-8,12H,1,9-11H2/p+1. The molecule has 0 unspecified atom stereocenters. The van der Waals surface area contributed by atoms with Crippen LogP contribution in [0.5, 0.6) is 0 Å². The van der Waals surface area contributed by atoms with Crippen LogP contribution in [0.3, 0.4) is 0 Å². The number of H-pyrrole nitrogens is 1. The molecule has 0 saturated heterocycles. The molecule has 2 heterocycles. The number of rotatable bonds is 4. The van der Waals surface area contributed by atoms with Gasteiger partial charge in [0.15, 0.2) is 6.54 Å². The third-order valence-electron chi connectivity index (χ3n) is 4.76. The Morgan fingerprint density at radius 3 is 2.88 bits per heavy atom. The Hall–Kier alpha value is -2.92. The van der Waals surface area contributed by atoms with Gasteiger partial charge in [-0.1, -0.05) is 36.4 Å². The quantitative estimate of drug-likeness (QED) is 0.323. The maximum atomic E-state index is 11.6. The summed E-state index contributed by atoms with van der Waals surface area (Å²) in [5.41, 5.74) is 4.51. The van der Waals surface area contributed by atoms with Gasteiger partial charge in [0, 0.05) is 28.4 Å². The van der Waals surface area contributed by atoms with Crippen LogP contribution < -0.4 is 0 Å². The van der Waals surface area contributed by atoms with Crippen LogP contribution in [-0.2, 0) is 6.42 Å². The molecule has 1 N–H and O–H groups in total. The van der Waals surface area contributed by atoms with Crippen LogP contribution >= 0.6 is 11.6 Å². The van der Waals surface area contributed by atoms with Gasteiger partial charge in [0.2, 0.25) is 5.71 Å². The summed E-state index contributed by atoms with van der Waals surface area (Å²) >= 11 is 6.19. The number of hydrogen-bond donors (Lipinski definition) is 1. The van der Waals surface area contributed by atoms with E-state index in [0.29, 0.717) is 17.1 Å². The molecule has 1 aromatic heterocycles. The predicted molar refractivity (Wildman–Crippen MR) is 104 cm³/mol. The number of aromatic amines is 1. The summed E-state index contributed by atoms with van der Waals surface area (Å²) in [6.45, 7) is 5.20. The maximum absolute atomic E-state index is 11.6. The molecule has 4 rings (SSSR count). The monoisotopic (exact) mass is 366 g/mol. The normalized spacial score (nSPS) is 13.7. The molecule has 0 atom stereocenters. The van der Waals surface area contributed by atoms with Gasteiger partial charge in [-0.3, -0.25) is 10.1 Å². The van der Waals surface area contributed by atoms with Crippen molar-refractivity contribution in [3.63, 3.8) is 0 Å². The second kappa shape index (κ2) is 6.42. The summed E-state index contributed by atoms with van der Waals surface area (Å²) in [6.07, 6.45) is 2.68. The van der Waals surface area contributed by atoms with Crippen LogP contribution in [0.4, 0.5) is 5.69 Å². The lowest BCUT2D eigenvalue weighted by molar-refractivity contribution is -0.518. The van der Waals surface area contributed by atoms with Gasteiger partial charge < -0.3 is 4.98 Å². The van der Waals surface area contributed by atoms with Crippen LogP contribution in [-0.4, -0.2) is 33.3 Å². The molecule has 0 fully saturated rings. The molecule has 0 aliphatic carbocycles. The van der Waals surface area contributed by atoms with Crippen LogP contribution in [0, 0.1) is 10.1 Å². The number of fused-ring (bicyclic) bond motifs is 3. The van der Waals surface area contributed by atoms with Crippen molar-refractivity contribution in [1.82, 2.24) is 4.98 Å². The van der Waals surface area contributed by atoms with Crippen molar-refractivity contribution < 1.29 is 9.50 Å². The Morgan fingerprint density at radius 1 is 1.31 bits per heavy atom. The Morgan fingerprint density at radius 2 is 2.12 bits per heavy atom. The molecule has 130 valence electrons. The first-order chi connectivity index (χ1) is 12.6. The van der Waals surface area contributed by atoms with E-state index >= 15 is 0 Å².